The summed E-state index contributed by atoms with van der Waals surface area (Å²) in [5.41, 5.74) is 1.10. The summed E-state index contributed by atoms with van der Waals surface area (Å²) in [4.78, 5) is 0. The maximum absolute atomic E-state index is 11.9. The summed E-state index contributed by atoms with van der Waals surface area (Å²) in [6.07, 6.45) is 5.09. The fourth-order valence-electron chi connectivity index (χ4n) is 2.18. The molecular weight excluding hydrogens is 224 g/mol. The van der Waals surface area contributed by atoms with E-state index in [9.17, 15) is 8.78 Å². The lowest BCUT2D eigenvalue weighted by molar-refractivity contribution is -0.0498. The smallest absolute Gasteiger partial charge is 0.387 e. The van der Waals surface area contributed by atoms with Crippen molar-refractivity contribution in [3.63, 3.8) is 0 Å². The molecule has 0 aliphatic heterocycles. The Labute approximate surface area is 100.0 Å². The fraction of sp³-hybridized carbons (Fsp3) is 0.538. The number of halogens is 2. The molecule has 0 unspecified atom stereocenters. The molecule has 1 saturated carbocycles. The molecule has 0 radical (unpaired) electrons. The van der Waals surface area contributed by atoms with Gasteiger partial charge in [-0.25, -0.2) is 0 Å². The van der Waals surface area contributed by atoms with Gasteiger partial charge < -0.3 is 10.1 Å². The molecule has 1 aromatic rings. The quantitative estimate of drug-likeness (QED) is 0.853. The highest BCUT2D eigenvalue weighted by molar-refractivity contribution is 5.27. The van der Waals surface area contributed by atoms with Crippen LogP contribution in [0.4, 0.5) is 8.78 Å². The summed E-state index contributed by atoms with van der Waals surface area (Å²) in [5.74, 6) is 0.213. The minimum Gasteiger partial charge on any atom is -0.435 e. The van der Waals surface area contributed by atoms with Gasteiger partial charge in [0.25, 0.3) is 0 Å². The van der Waals surface area contributed by atoms with E-state index in [-0.39, 0.29) is 5.75 Å². The molecule has 0 heterocycles. The number of nitrogens with one attached hydrogen (secondary N) is 1. The SMILES string of the molecule is FC(F)Oc1ccc(CNC2CCCC2)cc1. The number of rotatable bonds is 5. The van der Waals surface area contributed by atoms with E-state index in [1.807, 2.05) is 12.1 Å². The Kier molecular flexibility index (Phi) is 4.31. The normalized spacial score (nSPS) is 16.6. The van der Waals surface area contributed by atoms with Crippen molar-refractivity contribution in [3.8, 4) is 5.75 Å². The highest BCUT2D eigenvalue weighted by Gasteiger charge is 2.13. The zero-order chi connectivity index (χ0) is 12.1. The molecule has 1 N–H and O–H groups in total. The van der Waals surface area contributed by atoms with E-state index in [1.54, 1.807) is 12.1 Å². The van der Waals surface area contributed by atoms with Gasteiger partial charge in [-0.05, 0) is 30.5 Å². The van der Waals surface area contributed by atoms with E-state index in [0.717, 1.165) is 12.1 Å². The van der Waals surface area contributed by atoms with Crippen LogP contribution in [0.15, 0.2) is 24.3 Å². The molecule has 1 aliphatic carbocycles. The Hall–Kier alpha value is -1.16. The number of alkyl halides is 2. The van der Waals surface area contributed by atoms with Crippen molar-refractivity contribution in [2.75, 3.05) is 0 Å². The number of hydrogen-bond donors (Lipinski definition) is 1. The van der Waals surface area contributed by atoms with Gasteiger partial charge in [0.05, 0.1) is 0 Å². The van der Waals surface area contributed by atoms with Crippen LogP contribution in [-0.4, -0.2) is 12.7 Å². The molecule has 0 saturated heterocycles. The number of benzene rings is 1. The molecule has 1 aliphatic rings. The Balaban J connectivity index is 1.80. The van der Waals surface area contributed by atoms with E-state index in [1.165, 1.54) is 25.7 Å². The van der Waals surface area contributed by atoms with Gasteiger partial charge in [-0.1, -0.05) is 25.0 Å². The van der Waals surface area contributed by atoms with Crippen LogP contribution in [0, 0.1) is 0 Å². The molecule has 17 heavy (non-hydrogen) atoms. The molecule has 0 spiro atoms. The molecule has 0 bridgehead atoms. The zero-order valence-electron chi connectivity index (χ0n) is 9.66. The van der Waals surface area contributed by atoms with E-state index in [4.69, 9.17) is 0 Å². The van der Waals surface area contributed by atoms with Crippen molar-refractivity contribution < 1.29 is 13.5 Å². The molecule has 0 aromatic heterocycles. The van der Waals surface area contributed by atoms with Crippen molar-refractivity contribution >= 4 is 0 Å². The second kappa shape index (κ2) is 5.96. The first kappa shape index (κ1) is 12.3. The van der Waals surface area contributed by atoms with E-state index >= 15 is 0 Å². The molecule has 1 aromatic carbocycles. The highest BCUT2D eigenvalue weighted by atomic mass is 19.3. The van der Waals surface area contributed by atoms with Crippen LogP contribution in [0.3, 0.4) is 0 Å². The van der Waals surface area contributed by atoms with Gasteiger partial charge in [0.1, 0.15) is 5.75 Å². The Bertz CT molecular complexity index is 334. The van der Waals surface area contributed by atoms with Crippen LogP contribution >= 0.6 is 0 Å². The maximum Gasteiger partial charge on any atom is 0.387 e. The summed E-state index contributed by atoms with van der Waals surface area (Å²) in [6.45, 7) is -1.96. The first-order valence-electron chi connectivity index (χ1n) is 6.01. The molecule has 0 amide bonds. The molecule has 2 nitrogen and oxygen atoms in total. The van der Waals surface area contributed by atoms with Crippen LogP contribution in [0.25, 0.3) is 0 Å². The monoisotopic (exact) mass is 241 g/mol. The van der Waals surface area contributed by atoms with Gasteiger partial charge in [-0.15, -0.1) is 0 Å². The molecule has 94 valence electrons. The lowest BCUT2D eigenvalue weighted by Crippen LogP contribution is -2.25. The van der Waals surface area contributed by atoms with Crippen LogP contribution in [0.1, 0.15) is 31.2 Å². The summed E-state index contributed by atoms with van der Waals surface area (Å²) in [6, 6.07) is 7.42. The lowest BCUT2D eigenvalue weighted by Gasteiger charge is -2.12. The van der Waals surface area contributed by atoms with Gasteiger partial charge >= 0.3 is 6.61 Å². The Morgan fingerprint density at radius 2 is 1.82 bits per heavy atom. The third kappa shape index (κ3) is 3.97. The first-order chi connectivity index (χ1) is 8.24. The Morgan fingerprint density at radius 1 is 1.18 bits per heavy atom. The third-order valence-corrected chi connectivity index (χ3v) is 3.10. The van der Waals surface area contributed by atoms with Crippen LogP contribution < -0.4 is 10.1 Å². The molecule has 1 fully saturated rings. The highest BCUT2D eigenvalue weighted by Crippen LogP contribution is 2.19. The van der Waals surface area contributed by atoms with Crippen LogP contribution in [0.5, 0.6) is 5.75 Å². The largest absolute Gasteiger partial charge is 0.435 e. The van der Waals surface area contributed by atoms with Crippen molar-refractivity contribution in [1.29, 1.82) is 0 Å². The van der Waals surface area contributed by atoms with Crippen LogP contribution in [-0.2, 0) is 6.54 Å². The van der Waals surface area contributed by atoms with Gasteiger partial charge in [-0.3, -0.25) is 0 Å². The van der Waals surface area contributed by atoms with E-state index in [0.29, 0.717) is 6.04 Å². The third-order valence-electron chi connectivity index (χ3n) is 3.10. The molecule has 0 atom stereocenters. The van der Waals surface area contributed by atoms with E-state index < -0.39 is 6.61 Å². The van der Waals surface area contributed by atoms with Crippen molar-refractivity contribution in [2.45, 2.75) is 44.9 Å². The van der Waals surface area contributed by atoms with Gasteiger partial charge in [0, 0.05) is 12.6 Å². The van der Waals surface area contributed by atoms with Gasteiger partial charge in [-0.2, -0.15) is 8.78 Å². The zero-order valence-corrected chi connectivity index (χ0v) is 9.66. The average molecular weight is 241 g/mol. The van der Waals surface area contributed by atoms with Crippen molar-refractivity contribution in [2.24, 2.45) is 0 Å². The molecular formula is C13H17F2NO. The molecule has 2 rings (SSSR count). The lowest BCUT2D eigenvalue weighted by atomic mass is 10.2. The number of hydrogen-bond acceptors (Lipinski definition) is 2. The average Bonchev–Trinajstić information content (AvgIpc) is 2.80. The second-order valence-electron chi connectivity index (χ2n) is 4.38. The topological polar surface area (TPSA) is 21.3 Å². The first-order valence-corrected chi connectivity index (χ1v) is 6.01. The summed E-state index contributed by atoms with van der Waals surface area (Å²) < 4.78 is 28.2. The van der Waals surface area contributed by atoms with E-state index in [2.05, 4.69) is 10.1 Å². The second-order valence-corrected chi connectivity index (χ2v) is 4.38. The summed E-state index contributed by atoms with van der Waals surface area (Å²) >= 11 is 0. The predicted octanol–water partition coefficient (Wildman–Crippen LogP) is 3.32. The van der Waals surface area contributed by atoms with Gasteiger partial charge in [0.15, 0.2) is 0 Å². The van der Waals surface area contributed by atoms with Crippen molar-refractivity contribution in [1.82, 2.24) is 5.32 Å². The van der Waals surface area contributed by atoms with Gasteiger partial charge in [0.2, 0.25) is 0 Å². The molecule has 4 heteroatoms. The standard InChI is InChI=1S/C13H17F2NO/c14-13(15)17-12-7-5-10(6-8-12)9-16-11-3-1-2-4-11/h5-8,11,13,16H,1-4,9H2. The summed E-state index contributed by atoms with van der Waals surface area (Å²) in [7, 11) is 0. The summed E-state index contributed by atoms with van der Waals surface area (Å²) in [5, 5.41) is 3.47. The minimum absolute atomic E-state index is 0.213. The predicted molar refractivity (Wildman–Crippen MR) is 62.2 cm³/mol. The Morgan fingerprint density at radius 3 is 2.41 bits per heavy atom. The number of ether oxygens (including phenoxy) is 1. The van der Waals surface area contributed by atoms with Crippen LogP contribution in [0.2, 0.25) is 0 Å². The maximum atomic E-state index is 11.9. The minimum atomic E-state index is -2.75. The van der Waals surface area contributed by atoms with Crippen molar-refractivity contribution in [3.05, 3.63) is 29.8 Å². The fourth-order valence-corrected chi connectivity index (χ4v) is 2.18.